The first-order chi connectivity index (χ1) is 18.5. The smallest absolute Gasteiger partial charge is 0.252 e. The normalized spacial score (nSPS) is 16.4. The van der Waals surface area contributed by atoms with E-state index >= 15 is 0 Å². The van der Waals surface area contributed by atoms with Gasteiger partial charge in [-0.2, -0.15) is 0 Å². The van der Waals surface area contributed by atoms with Crippen molar-refractivity contribution in [2.24, 2.45) is 0 Å². The molecule has 9 heteroatoms. The molecule has 1 fully saturated rings. The lowest BCUT2D eigenvalue weighted by molar-refractivity contribution is 0.0887. The highest BCUT2D eigenvalue weighted by molar-refractivity contribution is 5.85. The Kier molecular flexibility index (Phi) is 7.85. The highest BCUT2D eigenvalue weighted by Gasteiger charge is 2.28. The van der Waals surface area contributed by atoms with Crippen LogP contribution in [0.4, 0.5) is 0 Å². The molecule has 0 amide bonds. The van der Waals surface area contributed by atoms with Crippen molar-refractivity contribution < 1.29 is 9.47 Å². The maximum absolute atomic E-state index is 13.3. The Labute approximate surface area is 222 Å². The molecule has 1 aliphatic heterocycles. The average molecular weight is 517 g/mol. The number of benzene rings is 2. The van der Waals surface area contributed by atoms with Gasteiger partial charge in [0.2, 0.25) is 0 Å². The minimum Gasteiger partial charge on any atom is -0.496 e. The third-order valence-electron chi connectivity index (χ3n) is 7.55. The summed E-state index contributed by atoms with van der Waals surface area (Å²) in [6.07, 6.45) is 2.95. The molecule has 2 atom stereocenters. The number of ether oxygens (including phenoxy) is 2. The lowest BCUT2D eigenvalue weighted by Crippen LogP contribution is -2.33. The summed E-state index contributed by atoms with van der Waals surface area (Å²) in [5.41, 5.74) is 4.74. The Balaban J connectivity index is 1.55. The molecule has 2 aromatic heterocycles. The zero-order valence-electron chi connectivity index (χ0n) is 22.6. The molecule has 0 unspecified atom stereocenters. The van der Waals surface area contributed by atoms with Crippen LogP contribution in [0.5, 0.6) is 5.75 Å². The summed E-state index contributed by atoms with van der Waals surface area (Å²) in [4.78, 5) is 18.7. The second-order valence-corrected chi connectivity index (χ2v) is 10.1. The van der Waals surface area contributed by atoms with Crippen molar-refractivity contribution in [2.45, 2.75) is 71.8 Å². The van der Waals surface area contributed by atoms with Gasteiger partial charge in [-0.3, -0.25) is 9.69 Å². The molecule has 2 aromatic carbocycles. The molecule has 200 valence electrons. The molecule has 0 radical (unpaired) electrons. The number of aryl methyl sites for hydroxylation is 2. The highest BCUT2D eigenvalue weighted by atomic mass is 16.5. The Bertz CT molecular complexity index is 1460. The number of aromatic amines is 1. The fourth-order valence-electron chi connectivity index (χ4n) is 5.45. The number of aromatic nitrogens is 5. The van der Waals surface area contributed by atoms with Crippen molar-refractivity contribution in [1.29, 1.82) is 0 Å². The molecule has 1 N–H and O–H groups in total. The predicted molar refractivity (Wildman–Crippen MR) is 146 cm³/mol. The van der Waals surface area contributed by atoms with E-state index in [0.717, 1.165) is 65.0 Å². The van der Waals surface area contributed by atoms with Gasteiger partial charge in [0, 0.05) is 36.2 Å². The second-order valence-electron chi connectivity index (χ2n) is 10.1. The number of tetrazole rings is 1. The summed E-state index contributed by atoms with van der Waals surface area (Å²) in [6, 6.07) is 14.1. The Morgan fingerprint density at radius 2 is 1.95 bits per heavy atom. The largest absolute Gasteiger partial charge is 0.496 e. The summed E-state index contributed by atoms with van der Waals surface area (Å²) in [6.45, 7) is 8.63. The number of pyridine rings is 1. The van der Waals surface area contributed by atoms with Gasteiger partial charge < -0.3 is 14.5 Å². The second kappa shape index (κ2) is 11.4. The fourth-order valence-corrected chi connectivity index (χ4v) is 5.45. The number of nitrogens with zero attached hydrogens (tertiary/aromatic N) is 5. The zero-order valence-corrected chi connectivity index (χ0v) is 22.6. The van der Waals surface area contributed by atoms with Gasteiger partial charge in [-0.15, -0.1) is 5.10 Å². The molecular formula is C29H36N6O3. The maximum Gasteiger partial charge on any atom is 0.252 e. The SMILES string of the molecule is CC[C@@H](c1nnnn1C[C@H]1CCCO1)N(Cc1ccccc1OC)Cc1cc2c(C)ccc(C)c2[nH]c1=O. The van der Waals surface area contributed by atoms with Gasteiger partial charge in [0.25, 0.3) is 5.56 Å². The highest BCUT2D eigenvalue weighted by Crippen LogP contribution is 2.30. The number of rotatable bonds is 10. The first-order valence-electron chi connectivity index (χ1n) is 13.3. The van der Waals surface area contributed by atoms with Crippen LogP contribution < -0.4 is 10.3 Å². The van der Waals surface area contributed by atoms with E-state index in [1.165, 1.54) is 0 Å². The topological polar surface area (TPSA) is 98.2 Å². The van der Waals surface area contributed by atoms with Crippen molar-refractivity contribution in [2.75, 3.05) is 13.7 Å². The van der Waals surface area contributed by atoms with E-state index in [9.17, 15) is 4.79 Å². The zero-order chi connectivity index (χ0) is 26.6. The van der Waals surface area contributed by atoms with Gasteiger partial charge in [0.05, 0.1) is 31.3 Å². The van der Waals surface area contributed by atoms with Crippen LogP contribution in [0.15, 0.2) is 47.3 Å². The number of methoxy groups -OCH3 is 1. The lowest BCUT2D eigenvalue weighted by atomic mass is 10.0. The van der Waals surface area contributed by atoms with Crippen LogP contribution in [0, 0.1) is 13.8 Å². The van der Waals surface area contributed by atoms with Crippen LogP contribution in [-0.2, 0) is 24.4 Å². The molecule has 5 rings (SSSR count). The molecule has 0 spiro atoms. The molecule has 0 saturated carbocycles. The average Bonchev–Trinajstić information content (AvgIpc) is 3.61. The van der Waals surface area contributed by atoms with Crippen molar-refractivity contribution in [3.8, 4) is 5.75 Å². The molecule has 0 aliphatic carbocycles. The predicted octanol–water partition coefficient (Wildman–Crippen LogP) is 4.47. The minimum atomic E-state index is -0.120. The van der Waals surface area contributed by atoms with Crippen LogP contribution in [0.3, 0.4) is 0 Å². The summed E-state index contributed by atoms with van der Waals surface area (Å²) < 4.78 is 13.4. The maximum atomic E-state index is 13.3. The number of H-pyrrole nitrogens is 1. The molecular weight excluding hydrogens is 480 g/mol. The fraction of sp³-hybridized carbons (Fsp3) is 0.448. The summed E-state index contributed by atoms with van der Waals surface area (Å²) in [5.74, 6) is 1.59. The molecule has 0 bridgehead atoms. The van der Waals surface area contributed by atoms with Crippen LogP contribution in [0.1, 0.15) is 60.3 Å². The van der Waals surface area contributed by atoms with Crippen LogP contribution in [0.2, 0.25) is 0 Å². The van der Waals surface area contributed by atoms with Crippen molar-refractivity contribution in [3.05, 3.63) is 80.9 Å². The van der Waals surface area contributed by atoms with E-state index in [-0.39, 0.29) is 17.7 Å². The van der Waals surface area contributed by atoms with Crippen LogP contribution >= 0.6 is 0 Å². The van der Waals surface area contributed by atoms with Gasteiger partial charge in [-0.05, 0) is 66.8 Å². The summed E-state index contributed by atoms with van der Waals surface area (Å²) in [7, 11) is 1.68. The first-order valence-corrected chi connectivity index (χ1v) is 13.3. The van der Waals surface area contributed by atoms with Gasteiger partial charge in [-0.25, -0.2) is 4.68 Å². The van der Waals surface area contributed by atoms with Crippen LogP contribution in [0.25, 0.3) is 10.9 Å². The molecule has 1 aliphatic rings. The lowest BCUT2D eigenvalue weighted by Gasteiger charge is -2.31. The van der Waals surface area contributed by atoms with E-state index in [2.05, 4.69) is 51.4 Å². The molecule has 1 saturated heterocycles. The van der Waals surface area contributed by atoms with Gasteiger partial charge in [0.1, 0.15) is 5.75 Å². The van der Waals surface area contributed by atoms with Gasteiger partial charge in [-0.1, -0.05) is 37.3 Å². The van der Waals surface area contributed by atoms with Crippen molar-refractivity contribution in [1.82, 2.24) is 30.1 Å². The summed E-state index contributed by atoms with van der Waals surface area (Å²) in [5, 5.41) is 13.9. The van der Waals surface area contributed by atoms with E-state index in [1.807, 2.05) is 41.9 Å². The molecule has 3 heterocycles. The molecule has 4 aromatic rings. The van der Waals surface area contributed by atoms with E-state index in [0.29, 0.717) is 25.2 Å². The molecule has 38 heavy (non-hydrogen) atoms. The quantitative estimate of drug-likeness (QED) is 0.332. The standard InChI is InChI=1S/C29H36N6O3/c1-5-25(28-31-32-33-35(28)18-23-10-8-14-38-23)34(16-21-9-6-7-11-26(21)37-4)17-22-15-24-19(2)12-13-20(3)27(24)30-29(22)36/h6-7,9,11-13,15,23,25H,5,8,10,14,16-18H2,1-4H3,(H,30,36)/t23-,25+/m1/s1. The monoisotopic (exact) mass is 516 g/mol. The van der Waals surface area contributed by atoms with E-state index < -0.39 is 0 Å². The number of hydrogen-bond acceptors (Lipinski definition) is 7. The minimum absolute atomic E-state index is 0.0787. The number of fused-ring (bicyclic) bond motifs is 1. The first kappa shape index (κ1) is 26.1. The summed E-state index contributed by atoms with van der Waals surface area (Å²) >= 11 is 0. The van der Waals surface area contributed by atoms with E-state index in [4.69, 9.17) is 9.47 Å². The van der Waals surface area contributed by atoms with Crippen LogP contribution in [-0.4, -0.2) is 49.9 Å². The number of nitrogens with one attached hydrogen (secondary N) is 1. The van der Waals surface area contributed by atoms with E-state index in [1.54, 1.807) is 7.11 Å². The number of hydrogen-bond donors (Lipinski definition) is 1. The third-order valence-corrected chi connectivity index (χ3v) is 7.55. The van der Waals surface area contributed by atoms with Gasteiger partial charge >= 0.3 is 0 Å². The Morgan fingerprint density at radius 1 is 1.16 bits per heavy atom. The Hall–Kier alpha value is -3.56. The Morgan fingerprint density at radius 3 is 2.71 bits per heavy atom. The molecule has 9 nitrogen and oxygen atoms in total. The van der Waals surface area contributed by atoms with Crippen molar-refractivity contribution >= 4 is 10.9 Å². The number of para-hydroxylation sites is 1. The van der Waals surface area contributed by atoms with Gasteiger partial charge in [0.15, 0.2) is 5.82 Å². The van der Waals surface area contributed by atoms with Crippen molar-refractivity contribution in [3.63, 3.8) is 0 Å². The third kappa shape index (κ3) is 5.35.